The minimum Gasteiger partial charge on any atom is -0.352 e. The normalized spacial score (nSPS) is 28.3. The van der Waals surface area contributed by atoms with Crippen LogP contribution in [-0.2, 0) is 33.7 Å². The van der Waals surface area contributed by atoms with E-state index in [1.54, 1.807) is 25.1 Å². The van der Waals surface area contributed by atoms with Gasteiger partial charge in [0.25, 0.3) is 0 Å². The summed E-state index contributed by atoms with van der Waals surface area (Å²) in [6.07, 6.45) is 0.625. The van der Waals surface area contributed by atoms with Crippen molar-refractivity contribution in [3.63, 3.8) is 0 Å². The van der Waals surface area contributed by atoms with Crippen LogP contribution in [-0.4, -0.2) is 64.1 Å². The molecule has 0 aliphatic carbocycles. The molecule has 1 aromatic heterocycles. The van der Waals surface area contributed by atoms with Crippen molar-refractivity contribution < 1.29 is 17.9 Å². The molecule has 2 atom stereocenters. The summed E-state index contributed by atoms with van der Waals surface area (Å²) in [5.41, 5.74) is 0.198. The molecule has 0 saturated carbocycles. The summed E-state index contributed by atoms with van der Waals surface area (Å²) >= 11 is 0. The molecule has 3 fully saturated rings. The molecule has 3 aliphatic heterocycles. The Hall–Kier alpha value is -2.17. The zero-order valence-corrected chi connectivity index (χ0v) is 15.9. The van der Waals surface area contributed by atoms with Gasteiger partial charge in [-0.3, -0.25) is 13.9 Å². The number of imidazole rings is 1. The van der Waals surface area contributed by atoms with Gasteiger partial charge in [0, 0.05) is 40.0 Å². The lowest BCUT2D eigenvalue weighted by atomic mass is 10.1. The van der Waals surface area contributed by atoms with E-state index in [4.69, 9.17) is 4.74 Å². The maximum Gasteiger partial charge on any atom is 0.328 e. The van der Waals surface area contributed by atoms with Gasteiger partial charge in [0.05, 0.1) is 28.6 Å². The van der Waals surface area contributed by atoms with Gasteiger partial charge in [0.1, 0.15) is 0 Å². The lowest BCUT2D eigenvalue weighted by Crippen LogP contribution is -2.48. The standard InChI is InChI=1S/C17H20N4O5S/c1-18-12-4-3-11(9-13(12)19(2)16(18)23)27(24,25)21-6-5-17-14(21)10-15(22)20(17)7-8-26-17/h3-4,9,14H,5-8,10H2,1-2H3/t14-,17+/m1/s1. The number of hydrogen-bond acceptors (Lipinski definition) is 5. The highest BCUT2D eigenvalue weighted by Gasteiger charge is 2.64. The maximum atomic E-state index is 13.4. The second-order valence-corrected chi connectivity index (χ2v) is 9.27. The Balaban J connectivity index is 1.60. The first kappa shape index (κ1) is 17.0. The van der Waals surface area contributed by atoms with E-state index in [1.165, 1.54) is 25.6 Å². The Morgan fingerprint density at radius 3 is 2.63 bits per heavy atom. The number of amides is 1. The number of ether oxygens (including phenoxy) is 1. The molecule has 27 heavy (non-hydrogen) atoms. The first-order chi connectivity index (χ1) is 12.8. The molecular formula is C17H20N4O5S. The Morgan fingerprint density at radius 1 is 1.11 bits per heavy atom. The predicted molar refractivity (Wildman–Crippen MR) is 95.5 cm³/mol. The van der Waals surface area contributed by atoms with E-state index in [-0.39, 0.29) is 22.9 Å². The number of aromatic nitrogens is 2. The number of aryl methyl sites for hydroxylation is 2. The van der Waals surface area contributed by atoms with Gasteiger partial charge < -0.3 is 9.64 Å². The largest absolute Gasteiger partial charge is 0.352 e. The number of hydrogen-bond donors (Lipinski definition) is 0. The van der Waals surface area contributed by atoms with Crippen molar-refractivity contribution in [2.75, 3.05) is 19.7 Å². The number of rotatable bonds is 2. The SMILES string of the molecule is Cn1c(=O)n(C)c2cc(S(=O)(=O)N3CC[C@@]45OCCN4C(=O)C[C@@H]35)ccc21. The molecule has 0 bridgehead atoms. The number of carbonyl (C=O) groups excluding carboxylic acids is 1. The van der Waals surface area contributed by atoms with E-state index < -0.39 is 21.8 Å². The Bertz CT molecular complexity index is 1150. The Kier molecular flexibility index (Phi) is 3.27. The van der Waals surface area contributed by atoms with Crippen molar-refractivity contribution in [2.45, 2.75) is 29.5 Å². The second-order valence-electron chi connectivity index (χ2n) is 7.38. The summed E-state index contributed by atoms with van der Waals surface area (Å²) in [5, 5.41) is 0. The van der Waals surface area contributed by atoms with Gasteiger partial charge in [-0.2, -0.15) is 4.31 Å². The van der Waals surface area contributed by atoms with Gasteiger partial charge in [-0.05, 0) is 18.2 Å². The van der Waals surface area contributed by atoms with Gasteiger partial charge in [0.2, 0.25) is 15.9 Å². The summed E-state index contributed by atoms with van der Waals surface area (Å²) < 4.78 is 36.9. The topological polar surface area (TPSA) is 93.8 Å². The Morgan fingerprint density at radius 2 is 1.85 bits per heavy atom. The molecule has 3 aliphatic rings. The fourth-order valence-corrected chi connectivity index (χ4v) is 6.50. The van der Waals surface area contributed by atoms with Gasteiger partial charge in [-0.1, -0.05) is 0 Å². The average Bonchev–Trinajstić information content (AvgIpc) is 3.34. The number of sulfonamides is 1. The molecule has 10 heteroatoms. The average molecular weight is 392 g/mol. The van der Waals surface area contributed by atoms with E-state index in [9.17, 15) is 18.0 Å². The van der Waals surface area contributed by atoms with Crippen molar-refractivity contribution >= 4 is 27.0 Å². The van der Waals surface area contributed by atoms with Gasteiger partial charge in [-0.25, -0.2) is 13.2 Å². The molecule has 5 rings (SSSR count). The van der Waals surface area contributed by atoms with Crippen LogP contribution in [0.25, 0.3) is 11.0 Å². The third kappa shape index (κ3) is 1.97. The number of benzene rings is 1. The van der Waals surface area contributed by atoms with Crippen LogP contribution in [0.4, 0.5) is 0 Å². The second kappa shape index (κ2) is 5.21. The van der Waals surface area contributed by atoms with E-state index >= 15 is 0 Å². The maximum absolute atomic E-state index is 13.4. The highest BCUT2D eigenvalue weighted by molar-refractivity contribution is 7.89. The van der Waals surface area contributed by atoms with Gasteiger partial charge >= 0.3 is 5.69 Å². The molecule has 144 valence electrons. The van der Waals surface area contributed by atoms with E-state index in [1.807, 2.05) is 0 Å². The number of nitrogens with zero attached hydrogens (tertiary/aromatic N) is 4. The van der Waals surface area contributed by atoms with E-state index in [0.29, 0.717) is 37.2 Å². The van der Waals surface area contributed by atoms with Gasteiger partial charge in [0.15, 0.2) is 5.72 Å². The molecule has 3 saturated heterocycles. The molecular weight excluding hydrogens is 372 g/mol. The number of carbonyl (C=O) groups is 1. The van der Waals surface area contributed by atoms with Crippen molar-refractivity contribution in [1.29, 1.82) is 0 Å². The van der Waals surface area contributed by atoms with Crippen LogP contribution in [0.1, 0.15) is 12.8 Å². The highest BCUT2D eigenvalue weighted by atomic mass is 32.2. The summed E-state index contributed by atoms with van der Waals surface area (Å²) in [7, 11) is -0.553. The van der Waals surface area contributed by atoms with Crippen LogP contribution < -0.4 is 5.69 Å². The van der Waals surface area contributed by atoms with Crippen LogP contribution in [0, 0.1) is 0 Å². The monoisotopic (exact) mass is 392 g/mol. The lowest BCUT2D eigenvalue weighted by molar-refractivity contribution is -0.136. The van der Waals surface area contributed by atoms with Crippen LogP contribution in [0.15, 0.2) is 27.9 Å². The molecule has 0 radical (unpaired) electrons. The molecule has 4 heterocycles. The summed E-state index contributed by atoms with van der Waals surface area (Å²) in [4.78, 5) is 26.3. The quantitative estimate of drug-likeness (QED) is 0.693. The molecule has 1 aromatic carbocycles. The van der Waals surface area contributed by atoms with Crippen molar-refractivity contribution in [1.82, 2.24) is 18.3 Å². The third-order valence-electron chi connectivity index (χ3n) is 6.20. The minimum absolute atomic E-state index is 0.0571. The minimum atomic E-state index is -3.82. The first-order valence-electron chi connectivity index (χ1n) is 8.89. The van der Waals surface area contributed by atoms with Crippen molar-refractivity contribution in [2.24, 2.45) is 14.1 Å². The zero-order valence-electron chi connectivity index (χ0n) is 15.1. The van der Waals surface area contributed by atoms with Crippen molar-refractivity contribution in [3.05, 3.63) is 28.7 Å². The molecule has 0 N–H and O–H groups in total. The smallest absolute Gasteiger partial charge is 0.328 e. The highest BCUT2D eigenvalue weighted by Crippen LogP contribution is 2.47. The molecule has 1 spiro atoms. The molecule has 2 aromatic rings. The zero-order chi connectivity index (χ0) is 19.1. The van der Waals surface area contributed by atoms with Crippen LogP contribution >= 0.6 is 0 Å². The van der Waals surface area contributed by atoms with E-state index in [0.717, 1.165) is 0 Å². The first-order valence-corrected chi connectivity index (χ1v) is 10.3. The number of fused-ring (bicyclic) bond motifs is 1. The molecule has 9 nitrogen and oxygen atoms in total. The third-order valence-corrected chi connectivity index (χ3v) is 8.11. The predicted octanol–water partition coefficient (Wildman–Crippen LogP) is -0.401. The Labute approximate surface area is 155 Å². The fraction of sp³-hybridized carbons (Fsp3) is 0.529. The summed E-state index contributed by atoms with van der Waals surface area (Å²) in [6, 6.07) is 4.19. The summed E-state index contributed by atoms with van der Waals surface area (Å²) in [6.45, 7) is 1.26. The van der Waals surface area contributed by atoms with Crippen molar-refractivity contribution in [3.8, 4) is 0 Å². The van der Waals surface area contributed by atoms with Gasteiger partial charge in [-0.15, -0.1) is 0 Å². The fourth-order valence-electron chi connectivity index (χ4n) is 4.82. The molecule has 1 amide bonds. The van der Waals surface area contributed by atoms with E-state index in [2.05, 4.69) is 0 Å². The summed E-state index contributed by atoms with van der Waals surface area (Å²) in [5.74, 6) is -0.0571. The van der Waals surface area contributed by atoms with Crippen LogP contribution in [0.5, 0.6) is 0 Å². The lowest BCUT2D eigenvalue weighted by Gasteiger charge is -2.31. The molecule has 0 unspecified atom stereocenters. The van der Waals surface area contributed by atoms with Crippen LogP contribution in [0.3, 0.4) is 0 Å². The van der Waals surface area contributed by atoms with Crippen LogP contribution in [0.2, 0.25) is 0 Å².